The lowest BCUT2D eigenvalue weighted by Gasteiger charge is -2.11. The Bertz CT molecular complexity index is 363. The molecular formula is C10H12ClN3O. The van der Waals surface area contributed by atoms with Gasteiger partial charge in [-0.2, -0.15) is 0 Å². The molecule has 1 aromatic heterocycles. The summed E-state index contributed by atoms with van der Waals surface area (Å²) in [4.78, 5) is 15.6. The summed E-state index contributed by atoms with van der Waals surface area (Å²) in [6, 6.07) is 3.58. The summed E-state index contributed by atoms with van der Waals surface area (Å²) in [5.74, 6) is -0.151. The first kappa shape index (κ1) is 10.4. The first-order chi connectivity index (χ1) is 7.27. The lowest BCUT2D eigenvalue weighted by Crippen LogP contribution is -2.36. The van der Waals surface area contributed by atoms with Crippen molar-refractivity contribution in [3.8, 4) is 0 Å². The molecule has 0 spiro atoms. The van der Waals surface area contributed by atoms with Gasteiger partial charge in [0.15, 0.2) is 0 Å². The fourth-order valence-corrected chi connectivity index (χ4v) is 1.80. The molecule has 0 radical (unpaired) electrons. The second-order valence-electron chi connectivity index (χ2n) is 3.50. The summed E-state index contributed by atoms with van der Waals surface area (Å²) < 4.78 is 0. The van der Waals surface area contributed by atoms with E-state index in [0.29, 0.717) is 5.56 Å². The van der Waals surface area contributed by atoms with Crippen LogP contribution in [0.25, 0.3) is 0 Å². The Morgan fingerprint density at radius 1 is 1.67 bits per heavy atom. The smallest absolute Gasteiger partial charge is 0.254 e. The molecule has 1 aromatic rings. The molecule has 2 N–H and O–H groups in total. The molecule has 80 valence electrons. The monoisotopic (exact) mass is 225 g/mol. The molecule has 1 aliphatic heterocycles. The number of halogens is 1. The summed E-state index contributed by atoms with van der Waals surface area (Å²) in [7, 11) is 0. The number of carbonyl (C=O) groups excluding carboxylic acids is 1. The number of pyridine rings is 1. The second kappa shape index (κ2) is 4.59. The van der Waals surface area contributed by atoms with Crippen molar-refractivity contribution in [2.24, 2.45) is 0 Å². The van der Waals surface area contributed by atoms with Gasteiger partial charge in [0.1, 0.15) is 5.15 Å². The molecule has 2 rings (SSSR count). The highest BCUT2D eigenvalue weighted by Crippen LogP contribution is 2.11. The van der Waals surface area contributed by atoms with Crippen LogP contribution in [-0.2, 0) is 0 Å². The van der Waals surface area contributed by atoms with Gasteiger partial charge in [-0.1, -0.05) is 11.6 Å². The zero-order chi connectivity index (χ0) is 10.7. The average molecular weight is 226 g/mol. The van der Waals surface area contributed by atoms with Gasteiger partial charge in [0.05, 0.1) is 5.56 Å². The van der Waals surface area contributed by atoms with E-state index >= 15 is 0 Å². The topological polar surface area (TPSA) is 54.0 Å². The maximum absolute atomic E-state index is 11.8. The Labute approximate surface area is 93.0 Å². The molecule has 0 aliphatic carbocycles. The van der Waals surface area contributed by atoms with E-state index in [0.717, 1.165) is 19.5 Å². The zero-order valence-electron chi connectivity index (χ0n) is 8.16. The third-order valence-corrected chi connectivity index (χ3v) is 2.70. The fourth-order valence-electron chi connectivity index (χ4n) is 1.60. The van der Waals surface area contributed by atoms with Gasteiger partial charge in [-0.3, -0.25) is 4.79 Å². The summed E-state index contributed by atoms with van der Waals surface area (Å²) in [6.07, 6.45) is 2.53. The van der Waals surface area contributed by atoms with Gasteiger partial charge in [-0.15, -0.1) is 0 Å². The number of carbonyl (C=O) groups is 1. The number of amides is 1. The summed E-state index contributed by atoms with van der Waals surface area (Å²) in [5.41, 5.74) is 0.436. The Morgan fingerprint density at radius 2 is 2.53 bits per heavy atom. The fraction of sp³-hybridized carbons (Fsp3) is 0.400. The summed E-state index contributed by atoms with van der Waals surface area (Å²) >= 11 is 5.82. The van der Waals surface area contributed by atoms with Gasteiger partial charge in [0, 0.05) is 18.8 Å². The lowest BCUT2D eigenvalue weighted by atomic mass is 10.2. The van der Waals surface area contributed by atoms with Crippen molar-refractivity contribution in [3.05, 3.63) is 29.0 Å². The summed E-state index contributed by atoms with van der Waals surface area (Å²) in [6.45, 7) is 1.77. The van der Waals surface area contributed by atoms with Crippen molar-refractivity contribution in [2.45, 2.75) is 12.5 Å². The van der Waals surface area contributed by atoms with Gasteiger partial charge in [0.2, 0.25) is 0 Å². The molecule has 5 heteroatoms. The number of nitrogens with one attached hydrogen (secondary N) is 2. The van der Waals surface area contributed by atoms with Gasteiger partial charge in [-0.05, 0) is 25.1 Å². The van der Waals surface area contributed by atoms with Gasteiger partial charge < -0.3 is 10.6 Å². The molecule has 0 aromatic carbocycles. The third kappa shape index (κ3) is 2.46. The first-order valence-electron chi connectivity index (χ1n) is 4.89. The van der Waals surface area contributed by atoms with Crippen LogP contribution in [0.5, 0.6) is 0 Å². The van der Waals surface area contributed by atoms with Crippen molar-refractivity contribution >= 4 is 17.5 Å². The third-order valence-electron chi connectivity index (χ3n) is 2.40. The summed E-state index contributed by atoms with van der Waals surface area (Å²) in [5, 5.41) is 6.34. The molecule has 1 amide bonds. The molecular weight excluding hydrogens is 214 g/mol. The average Bonchev–Trinajstić information content (AvgIpc) is 2.71. The van der Waals surface area contributed by atoms with Crippen molar-refractivity contribution in [3.63, 3.8) is 0 Å². The van der Waals surface area contributed by atoms with Crippen LogP contribution in [0.15, 0.2) is 18.3 Å². The molecule has 15 heavy (non-hydrogen) atoms. The lowest BCUT2D eigenvalue weighted by molar-refractivity contribution is 0.0940. The molecule has 0 unspecified atom stereocenters. The highest BCUT2D eigenvalue weighted by molar-refractivity contribution is 6.32. The molecule has 1 fully saturated rings. The molecule has 4 nitrogen and oxygen atoms in total. The van der Waals surface area contributed by atoms with Crippen molar-refractivity contribution in [1.82, 2.24) is 15.6 Å². The van der Waals surface area contributed by atoms with Gasteiger partial charge in [0.25, 0.3) is 5.91 Å². The number of aromatic nitrogens is 1. The largest absolute Gasteiger partial charge is 0.348 e. The molecule has 1 atom stereocenters. The number of rotatable bonds is 2. The first-order valence-corrected chi connectivity index (χ1v) is 5.27. The van der Waals surface area contributed by atoms with Crippen LogP contribution in [0.1, 0.15) is 16.8 Å². The van der Waals surface area contributed by atoms with Gasteiger partial charge in [-0.25, -0.2) is 4.98 Å². The van der Waals surface area contributed by atoms with E-state index in [4.69, 9.17) is 11.6 Å². The number of hydrogen-bond donors (Lipinski definition) is 2. The SMILES string of the molecule is O=C(N[C@H]1CCNC1)c1cccnc1Cl. The Balaban J connectivity index is 2.04. The van der Waals surface area contributed by atoms with Crippen LogP contribution in [0.3, 0.4) is 0 Å². The zero-order valence-corrected chi connectivity index (χ0v) is 8.92. The molecule has 1 aliphatic rings. The van der Waals surface area contributed by atoms with Crippen LogP contribution in [0.4, 0.5) is 0 Å². The van der Waals surface area contributed by atoms with Crippen molar-refractivity contribution in [1.29, 1.82) is 0 Å². The normalized spacial score (nSPS) is 20.2. The van der Waals surface area contributed by atoms with Gasteiger partial charge >= 0.3 is 0 Å². The Hall–Kier alpha value is -1.13. The van der Waals surface area contributed by atoms with Crippen LogP contribution in [0.2, 0.25) is 5.15 Å². The van der Waals surface area contributed by atoms with E-state index in [1.807, 2.05) is 0 Å². The standard InChI is InChI=1S/C10H12ClN3O/c11-9-8(2-1-4-13-9)10(15)14-7-3-5-12-6-7/h1-2,4,7,12H,3,5-6H2,(H,14,15)/t7-/m0/s1. The van der Waals surface area contributed by atoms with Crippen molar-refractivity contribution < 1.29 is 4.79 Å². The minimum atomic E-state index is -0.151. The highest BCUT2D eigenvalue weighted by atomic mass is 35.5. The Kier molecular flexibility index (Phi) is 3.18. The van der Waals surface area contributed by atoms with E-state index in [-0.39, 0.29) is 17.1 Å². The predicted octanol–water partition coefficient (Wildman–Crippen LogP) is 0.827. The number of nitrogens with zero attached hydrogens (tertiary/aromatic N) is 1. The van der Waals surface area contributed by atoms with E-state index in [2.05, 4.69) is 15.6 Å². The number of hydrogen-bond acceptors (Lipinski definition) is 3. The van der Waals surface area contributed by atoms with Crippen LogP contribution in [0, 0.1) is 0 Å². The maximum atomic E-state index is 11.8. The molecule has 0 bridgehead atoms. The quantitative estimate of drug-likeness (QED) is 0.733. The maximum Gasteiger partial charge on any atom is 0.254 e. The highest BCUT2D eigenvalue weighted by Gasteiger charge is 2.18. The van der Waals surface area contributed by atoms with E-state index in [1.165, 1.54) is 0 Å². The minimum Gasteiger partial charge on any atom is -0.348 e. The van der Waals surface area contributed by atoms with E-state index in [1.54, 1.807) is 18.3 Å². The van der Waals surface area contributed by atoms with E-state index < -0.39 is 0 Å². The van der Waals surface area contributed by atoms with Crippen molar-refractivity contribution in [2.75, 3.05) is 13.1 Å². The molecule has 1 saturated heterocycles. The Morgan fingerprint density at radius 3 is 3.20 bits per heavy atom. The molecule has 0 saturated carbocycles. The van der Waals surface area contributed by atoms with Crippen LogP contribution < -0.4 is 10.6 Å². The van der Waals surface area contributed by atoms with Crippen LogP contribution in [-0.4, -0.2) is 30.0 Å². The van der Waals surface area contributed by atoms with E-state index in [9.17, 15) is 4.79 Å². The minimum absolute atomic E-state index is 0.151. The predicted molar refractivity (Wildman–Crippen MR) is 58.0 cm³/mol. The second-order valence-corrected chi connectivity index (χ2v) is 3.86. The molecule has 2 heterocycles. The van der Waals surface area contributed by atoms with Crippen LogP contribution >= 0.6 is 11.6 Å².